The van der Waals surface area contributed by atoms with E-state index in [-0.39, 0.29) is 5.41 Å². The zero-order valence-electron chi connectivity index (χ0n) is 34.0. The predicted octanol–water partition coefficient (Wildman–Crippen LogP) is 16.3. The molecule has 0 radical (unpaired) electrons. The molecular formula is C60H43N. The fraction of sp³-hybridized carbons (Fsp3) is 0.0333. The monoisotopic (exact) mass is 777 g/mol. The second kappa shape index (κ2) is 15.1. The van der Waals surface area contributed by atoms with E-state index in [0.717, 1.165) is 28.2 Å². The van der Waals surface area contributed by atoms with Crippen LogP contribution in [0.25, 0.3) is 66.4 Å². The molecule has 1 nitrogen and oxygen atoms in total. The Morgan fingerprint density at radius 2 is 0.836 bits per heavy atom. The van der Waals surface area contributed by atoms with Crippen molar-refractivity contribution < 1.29 is 0 Å². The lowest BCUT2D eigenvalue weighted by atomic mass is 9.74. The van der Waals surface area contributed by atoms with Gasteiger partial charge in [0.05, 0.1) is 11.4 Å². The van der Waals surface area contributed by atoms with Crippen molar-refractivity contribution in [3.8, 4) is 55.6 Å². The number of fused-ring (bicyclic) bond motifs is 4. The van der Waals surface area contributed by atoms with Gasteiger partial charge in [-0.3, -0.25) is 0 Å². The van der Waals surface area contributed by atoms with E-state index in [0.29, 0.717) is 0 Å². The third-order valence-electron chi connectivity index (χ3n) is 12.8. The number of anilines is 3. The van der Waals surface area contributed by atoms with Gasteiger partial charge in [0.25, 0.3) is 0 Å². The number of benzene rings is 10. The lowest BCUT2D eigenvalue weighted by Gasteiger charge is -2.32. The van der Waals surface area contributed by atoms with Crippen LogP contribution in [0.1, 0.15) is 23.6 Å². The van der Waals surface area contributed by atoms with E-state index in [9.17, 15) is 0 Å². The molecule has 0 amide bonds. The maximum Gasteiger partial charge on any atom is 0.0543 e. The summed E-state index contributed by atoms with van der Waals surface area (Å²) in [5.41, 5.74) is 19.0. The van der Waals surface area contributed by atoms with Crippen LogP contribution in [-0.2, 0) is 5.41 Å². The highest BCUT2D eigenvalue weighted by molar-refractivity contribution is 5.99. The number of hydrogen-bond acceptors (Lipinski definition) is 1. The molecule has 0 aromatic heterocycles. The summed E-state index contributed by atoms with van der Waals surface area (Å²) in [6.07, 6.45) is 0. The molecule has 0 N–H and O–H groups in total. The van der Waals surface area contributed by atoms with Crippen molar-refractivity contribution in [2.24, 2.45) is 0 Å². The molecule has 10 aromatic carbocycles. The fourth-order valence-electron chi connectivity index (χ4n) is 9.74. The molecule has 1 unspecified atom stereocenters. The van der Waals surface area contributed by atoms with E-state index < -0.39 is 0 Å². The van der Waals surface area contributed by atoms with E-state index in [1.807, 2.05) is 0 Å². The van der Waals surface area contributed by atoms with Gasteiger partial charge in [0.15, 0.2) is 0 Å². The van der Waals surface area contributed by atoms with Crippen LogP contribution in [0.2, 0.25) is 0 Å². The predicted molar refractivity (Wildman–Crippen MR) is 258 cm³/mol. The van der Waals surface area contributed by atoms with Gasteiger partial charge in [-0.15, -0.1) is 0 Å². The van der Waals surface area contributed by atoms with Crippen LogP contribution >= 0.6 is 0 Å². The summed E-state index contributed by atoms with van der Waals surface area (Å²) in [5, 5.41) is 2.50. The first-order valence-electron chi connectivity index (χ1n) is 21.2. The minimum Gasteiger partial charge on any atom is -0.309 e. The van der Waals surface area contributed by atoms with Crippen LogP contribution in [0, 0.1) is 0 Å². The summed E-state index contributed by atoms with van der Waals surface area (Å²) >= 11 is 0. The Morgan fingerprint density at radius 3 is 1.62 bits per heavy atom. The second-order valence-electron chi connectivity index (χ2n) is 16.2. The van der Waals surface area contributed by atoms with Crippen molar-refractivity contribution in [2.75, 3.05) is 4.90 Å². The molecule has 1 heteroatoms. The largest absolute Gasteiger partial charge is 0.309 e. The van der Waals surface area contributed by atoms with Crippen LogP contribution in [0.4, 0.5) is 17.1 Å². The molecule has 288 valence electrons. The molecule has 0 spiro atoms. The van der Waals surface area contributed by atoms with Gasteiger partial charge < -0.3 is 4.90 Å². The minimum atomic E-state index is -0.330. The van der Waals surface area contributed by atoms with Crippen molar-refractivity contribution in [1.29, 1.82) is 0 Å². The van der Waals surface area contributed by atoms with E-state index in [1.54, 1.807) is 0 Å². The normalized spacial score (nSPS) is 14.0. The van der Waals surface area contributed by atoms with Crippen molar-refractivity contribution in [2.45, 2.75) is 12.3 Å². The molecule has 0 heterocycles. The highest BCUT2D eigenvalue weighted by Gasteiger charge is 2.42. The van der Waals surface area contributed by atoms with E-state index in [4.69, 9.17) is 0 Å². The first-order chi connectivity index (χ1) is 30.1. The van der Waals surface area contributed by atoms with E-state index in [1.165, 1.54) is 72.0 Å². The van der Waals surface area contributed by atoms with Gasteiger partial charge in [-0.25, -0.2) is 0 Å². The molecule has 10 aromatic rings. The molecule has 0 saturated heterocycles. The Hall–Kier alpha value is -7.74. The molecular weight excluding hydrogens is 735 g/mol. The first-order valence-corrected chi connectivity index (χ1v) is 21.2. The molecule has 1 atom stereocenters. The van der Waals surface area contributed by atoms with Gasteiger partial charge in [-0.05, 0) is 109 Å². The average Bonchev–Trinajstić information content (AvgIpc) is 3.61. The maximum atomic E-state index is 2.51. The van der Waals surface area contributed by atoms with Crippen molar-refractivity contribution >= 4 is 27.8 Å². The average molecular weight is 778 g/mol. The SMILES string of the molecule is CC1(c2ccccc2)c2ccccc2-c2c(N(c3cccc(-c4ccccc4-c4ccccc4)c3)c3ccccc3-c3ccc(-c4ccc5ccccc5c4)cc3)cccc21. The molecule has 0 saturated carbocycles. The molecule has 0 bridgehead atoms. The highest BCUT2D eigenvalue weighted by atomic mass is 15.1. The lowest BCUT2D eigenvalue weighted by molar-refractivity contribution is 0.714. The van der Waals surface area contributed by atoms with Gasteiger partial charge in [-0.2, -0.15) is 0 Å². The quantitative estimate of drug-likeness (QED) is 0.149. The lowest BCUT2D eigenvalue weighted by Crippen LogP contribution is -2.22. The molecule has 11 rings (SSSR count). The first kappa shape index (κ1) is 36.3. The Balaban J connectivity index is 1.12. The Morgan fingerprint density at radius 1 is 0.311 bits per heavy atom. The summed E-state index contributed by atoms with van der Waals surface area (Å²) in [7, 11) is 0. The zero-order valence-corrected chi connectivity index (χ0v) is 34.0. The van der Waals surface area contributed by atoms with Gasteiger partial charge in [-0.1, -0.05) is 212 Å². The minimum absolute atomic E-state index is 0.330. The van der Waals surface area contributed by atoms with Crippen LogP contribution < -0.4 is 4.90 Å². The fourth-order valence-corrected chi connectivity index (χ4v) is 9.74. The molecule has 61 heavy (non-hydrogen) atoms. The van der Waals surface area contributed by atoms with Crippen molar-refractivity contribution in [3.05, 3.63) is 259 Å². The third-order valence-corrected chi connectivity index (χ3v) is 12.8. The highest BCUT2D eigenvalue weighted by Crippen LogP contribution is 2.57. The summed E-state index contributed by atoms with van der Waals surface area (Å²) in [6.45, 7) is 2.40. The Kier molecular flexibility index (Phi) is 9.02. The Labute approximate surface area is 358 Å². The number of para-hydroxylation sites is 1. The number of hydrogen-bond donors (Lipinski definition) is 0. The van der Waals surface area contributed by atoms with E-state index in [2.05, 4.69) is 254 Å². The second-order valence-corrected chi connectivity index (χ2v) is 16.2. The molecule has 0 fully saturated rings. The van der Waals surface area contributed by atoms with Crippen LogP contribution in [0.15, 0.2) is 243 Å². The van der Waals surface area contributed by atoms with Gasteiger partial charge in [0.1, 0.15) is 0 Å². The summed E-state index contributed by atoms with van der Waals surface area (Å²) in [5.74, 6) is 0. The third kappa shape index (κ3) is 6.26. The smallest absolute Gasteiger partial charge is 0.0543 e. The van der Waals surface area contributed by atoms with Gasteiger partial charge >= 0.3 is 0 Å². The summed E-state index contributed by atoms with van der Waals surface area (Å²) in [6, 6.07) is 88.8. The summed E-state index contributed by atoms with van der Waals surface area (Å²) in [4.78, 5) is 2.51. The molecule has 1 aliphatic rings. The van der Waals surface area contributed by atoms with Gasteiger partial charge in [0.2, 0.25) is 0 Å². The van der Waals surface area contributed by atoms with Gasteiger partial charge in [0, 0.05) is 22.2 Å². The van der Waals surface area contributed by atoms with Crippen LogP contribution in [0.5, 0.6) is 0 Å². The molecule has 0 aliphatic heterocycles. The number of nitrogens with zero attached hydrogens (tertiary/aromatic N) is 1. The topological polar surface area (TPSA) is 3.24 Å². The Bertz CT molecular complexity index is 3200. The standard InChI is InChI=1S/C60H43N/c1-60(49-23-6-3-7-24-49)55-30-14-12-29-54(55)59-56(60)31-17-33-58(59)61(50-25-16-22-48(41-50)52-27-11-10-26-51(52)44-19-4-2-5-20-44)57-32-15-13-28-53(57)45-37-34-43(35-38-45)47-39-36-42-18-8-9-21-46(42)40-47/h2-41H,1H3. The van der Waals surface area contributed by atoms with Crippen LogP contribution in [0.3, 0.4) is 0 Å². The summed E-state index contributed by atoms with van der Waals surface area (Å²) < 4.78 is 0. The van der Waals surface area contributed by atoms with Crippen molar-refractivity contribution in [3.63, 3.8) is 0 Å². The number of rotatable bonds is 8. The van der Waals surface area contributed by atoms with E-state index >= 15 is 0 Å². The van der Waals surface area contributed by atoms with Crippen molar-refractivity contribution in [1.82, 2.24) is 0 Å². The maximum absolute atomic E-state index is 2.51. The molecule has 1 aliphatic carbocycles. The van der Waals surface area contributed by atoms with Crippen LogP contribution in [-0.4, -0.2) is 0 Å². The zero-order chi connectivity index (χ0) is 40.8.